The van der Waals surface area contributed by atoms with Crippen molar-refractivity contribution < 1.29 is 4.74 Å². The molecule has 18 heavy (non-hydrogen) atoms. The summed E-state index contributed by atoms with van der Waals surface area (Å²) in [4.78, 5) is 0. The molecule has 0 aliphatic heterocycles. The SMILES string of the molecule is CNCC(C)(C)NCCc1cc(Br)ccc1OC. The zero-order valence-corrected chi connectivity index (χ0v) is 13.2. The highest BCUT2D eigenvalue weighted by Gasteiger charge is 2.15. The molecule has 0 aliphatic carbocycles. The Balaban J connectivity index is 2.55. The Morgan fingerprint density at radius 2 is 2.06 bits per heavy atom. The predicted molar refractivity (Wildman–Crippen MR) is 80.4 cm³/mol. The number of ether oxygens (including phenoxy) is 1. The Hall–Kier alpha value is -0.580. The van der Waals surface area contributed by atoms with Gasteiger partial charge in [0, 0.05) is 16.6 Å². The summed E-state index contributed by atoms with van der Waals surface area (Å²) in [5.41, 5.74) is 1.33. The molecule has 0 aliphatic rings. The van der Waals surface area contributed by atoms with Crippen LogP contribution in [0.15, 0.2) is 22.7 Å². The van der Waals surface area contributed by atoms with Crippen LogP contribution in [0.4, 0.5) is 0 Å². The van der Waals surface area contributed by atoms with Crippen molar-refractivity contribution in [2.75, 3.05) is 27.2 Å². The third-order valence-corrected chi connectivity index (χ3v) is 3.35. The first kappa shape index (κ1) is 15.5. The van der Waals surface area contributed by atoms with Crippen LogP contribution >= 0.6 is 15.9 Å². The van der Waals surface area contributed by atoms with E-state index >= 15 is 0 Å². The van der Waals surface area contributed by atoms with Gasteiger partial charge < -0.3 is 15.4 Å². The van der Waals surface area contributed by atoms with Crippen molar-refractivity contribution in [3.8, 4) is 5.75 Å². The fourth-order valence-electron chi connectivity index (χ4n) is 1.98. The Labute approximate surface area is 118 Å². The van der Waals surface area contributed by atoms with Crippen molar-refractivity contribution in [2.45, 2.75) is 25.8 Å². The summed E-state index contributed by atoms with van der Waals surface area (Å²) in [6.07, 6.45) is 0.954. The lowest BCUT2D eigenvalue weighted by Gasteiger charge is -2.26. The predicted octanol–water partition coefficient (Wildman–Crippen LogP) is 2.59. The van der Waals surface area contributed by atoms with Gasteiger partial charge in [-0.3, -0.25) is 0 Å². The maximum atomic E-state index is 5.37. The van der Waals surface area contributed by atoms with Crippen molar-refractivity contribution in [1.82, 2.24) is 10.6 Å². The fourth-order valence-corrected chi connectivity index (χ4v) is 2.39. The van der Waals surface area contributed by atoms with Gasteiger partial charge in [0.25, 0.3) is 0 Å². The summed E-state index contributed by atoms with van der Waals surface area (Å²) in [7, 11) is 3.69. The Morgan fingerprint density at radius 1 is 1.33 bits per heavy atom. The first-order valence-corrected chi connectivity index (χ1v) is 7.00. The minimum atomic E-state index is 0.105. The first-order chi connectivity index (χ1) is 8.48. The quantitative estimate of drug-likeness (QED) is 0.811. The highest BCUT2D eigenvalue weighted by atomic mass is 79.9. The number of hydrogen-bond acceptors (Lipinski definition) is 3. The normalized spacial score (nSPS) is 11.6. The van der Waals surface area contributed by atoms with E-state index in [2.05, 4.69) is 46.5 Å². The average Bonchev–Trinajstić information content (AvgIpc) is 2.29. The zero-order chi connectivity index (χ0) is 13.6. The lowest BCUT2D eigenvalue weighted by Crippen LogP contribution is -2.47. The minimum Gasteiger partial charge on any atom is -0.496 e. The summed E-state index contributed by atoms with van der Waals surface area (Å²) in [6.45, 7) is 6.27. The van der Waals surface area contributed by atoms with E-state index in [0.29, 0.717) is 0 Å². The number of methoxy groups -OCH3 is 1. The number of benzene rings is 1. The molecular formula is C14H23BrN2O. The lowest BCUT2D eigenvalue weighted by molar-refractivity contribution is 0.374. The molecule has 2 N–H and O–H groups in total. The van der Waals surface area contributed by atoms with E-state index in [1.807, 2.05) is 19.2 Å². The molecule has 1 aromatic carbocycles. The number of hydrogen-bond donors (Lipinski definition) is 2. The van der Waals surface area contributed by atoms with Gasteiger partial charge in [-0.1, -0.05) is 15.9 Å². The van der Waals surface area contributed by atoms with E-state index in [-0.39, 0.29) is 5.54 Å². The third kappa shape index (κ3) is 4.96. The summed E-state index contributed by atoms with van der Waals surface area (Å²) in [6, 6.07) is 6.12. The number of rotatable bonds is 7. The lowest BCUT2D eigenvalue weighted by atomic mass is 10.0. The van der Waals surface area contributed by atoms with Crippen molar-refractivity contribution in [1.29, 1.82) is 0 Å². The second kappa shape index (κ2) is 7.12. The zero-order valence-electron chi connectivity index (χ0n) is 11.6. The monoisotopic (exact) mass is 314 g/mol. The molecular weight excluding hydrogens is 292 g/mol. The highest BCUT2D eigenvalue weighted by molar-refractivity contribution is 9.10. The molecule has 0 saturated heterocycles. The maximum absolute atomic E-state index is 5.37. The van der Waals surface area contributed by atoms with Crippen LogP contribution in [0.25, 0.3) is 0 Å². The average molecular weight is 315 g/mol. The van der Waals surface area contributed by atoms with E-state index < -0.39 is 0 Å². The number of nitrogens with one attached hydrogen (secondary N) is 2. The van der Waals surface area contributed by atoms with E-state index in [1.165, 1.54) is 5.56 Å². The number of halogens is 1. The van der Waals surface area contributed by atoms with Crippen LogP contribution in [0.1, 0.15) is 19.4 Å². The molecule has 0 amide bonds. The van der Waals surface area contributed by atoms with E-state index in [0.717, 1.165) is 29.7 Å². The van der Waals surface area contributed by atoms with Gasteiger partial charge in [0.2, 0.25) is 0 Å². The topological polar surface area (TPSA) is 33.3 Å². The summed E-state index contributed by atoms with van der Waals surface area (Å²) in [5, 5.41) is 6.74. The Bertz CT molecular complexity index is 380. The smallest absolute Gasteiger partial charge is 0.122 e. The van der Waals surface area contributed by atoms with Crippen molar-refractivity contribution in [2.24, 2.45) is 0 Å². The second-order valence-corrected chi connectivity index (χ2v) is 5.96. The van der Waals surface area contributed by atoms with Crippen molar-refractivity contribution >= 4 is 15.9 Å². The summed E-state index contributed by atoms with van der Waals surface area (Å²) >= 11 is 3.50. The van der Waals surface area contributed by atoms with E-state index in [4.69, 9.17) is 4.74 Å². The van der Waals surface area contributed by atoms with Crippen LogP contribution in [0.2, 0.25) is 0 Å². The first-order valence-electron chi connectivity index (χ1n) is 6.20. The van der Waals surface area contributed by atoms with Crippen molar-refractivity contribution in [3.63, 3.8) is 0 Å². The molecule has 0 unspecified atom stereocenters. The molecule has 0 bridgehead atoms. The molecule has 0 fully saturated rings. The van der Waals surface area contributed by atoms with Gasteiger partial charge in [-0.15, -0.1) is 0 Å². The summed E-state index contributed by atoms with van der Waals surface area (Å²) in [5.74, 6) is 0.950. The maximum Gasteiger partial charge on any atom is 0.122 e. The van der Waals surface area contributed by atoms with Crippen LogP contribution < -0.4 is 15.4 Å². The molecule has 4 heteroatoms. The van der Waals surface area contributed by atoms with Gasteiger partial charge >= 0.3 is 0 Å². The van der Waals surface area contributed by atoms with Gasteiger partial charge in [0.1, 0.15) is 5.75 Å². The van der Waals surface area contributed by atoms with Crippen LogP contribution in [0.5, 0.6) is 5.75 Å². The van der Waals surface area contributed by atoms with E-state index in [1.54, 1.807) is 7.11 Å². The second-order valence-electron chi connectivity index (χ2n) is 5.05. The minimum absolute atomic E-state index is 0.105. The molecule has 0 saturated carbocycles. The Kier molecular flexibility index (Phi) is 6.12. The molecule has 0 radical (unpaired) electrons. The van der Waals surface area contributed by atoms with Gasteiger partial charge in [-0.05, 0) is 57.6 Å². The molecule has 0 heterocycles. The molecule has 3 nitrogen and oxygen atoms in total. The highest BCUT2D eigenvalue weighted by Crippen LogP contribution is 2.23. The van der Waals surface area contributed by atoms with Gasteiger partial charge in [0.15, 0.2) is 0 Å². The molecule has 1 rings (SSSR count). The molecule has 0 aromatic heterocycles. The van der Waals surface area contributed by atoms with Gasteiger partial charge in [-0.2, -0.15) is 0 Å². The van der Waals surface area contributed by atoms with E-state index in [9.17, 15) is 0 Å². The van der Waals surface area contributed by atoms with Crippen LogP contribution in [-0.2, 0) is 6.42 Å². The van der Waals surface area contributed by atoms with Gasteiger partial charge in [-0.25, -0.2) is 0 Å². The van der Waals surface area contributed by atoms with Crippen LogP contribution in [0, 0.1) is 0 Å². The summed E-state index contributed by atoms with van der Waals surface area (Å²) < 4.78 is 6.46. The van der Waals surface area contributed by atoms with Gasteiger partial charge in [0.05, 0.1) is 7.11 Å². The number of likely N-dealkylation sites (N-methyl/N-ethyl adjacent to an activating group) is 1. The largest absolute Gasteiger partial charge is 0.496 e. The standard InChI is InChI=1S/C14H23BrN2O/c1-14(2,10-16-3)17-8-7-11-9-12(15)5-6-13(11)18-4/h5-6,9,16-17H,7-8,10H2,1-4H3. The Morgan fingerprint density at radius 3 is 2.67 bits per heavy atom. The molecule has 1 aromatic rings. The van der Waals surface area contributed by atoms with Crippen LogP contribution in [-0.4, -0.2) is 32.8 Å². The molecule has 0 spiro atoms. The fraction of sp³-hybridized carbons (Fsp3) is 0.571. The molecule has 0 atom stereocenters. The van der Waals surface area contributed by atoms with Crippen molar-refractivity contribution in [3.05, 3.63) is 28.2 Å². The molecule has 102 valence electrons. The third-order valence-electron chi connectivity index (χ3n) is 2.86. The van der Waals surface area contributed by atoms with Crippen LogP contribution in [0.3, 0.4) is 0 Å².